The van der Waals surface area contributed by atoms with Crippen LogP contribution < -0.4 is 5.32 Å². The van der Waals surface area contributed by atoms with Crippen LogP contribution in [0.15, 0.2) is 0 Å². The van der Waals surface area contributed by atoms with Gasteiger partial charge in [0.1, 0.15) is 0 Å². The van der Waals surface area contributed by atoms with Gasteiger partial charge in [0.05, 0.1) is 12.2 Å². The van der Waals surface area contributed by atoms with Crippen LogP contribution in [0.3, 0.4) is 0 Å². The van der Waals surface area contributed by atoms with E-state index in [2.05, 4.69) is 33.1 Å². The van der Waals surface area contributed by atoms with Crippen molar-refractivity contribution >= 4 is 0 Å². The molecule has 1 fully saturated rings. The number of likely N-dealkylation sites (N-methyl/N-ethyl adjacent to an activating group) is 1. The summed E-state index contributed by atoms with van der Waals surface area (Å²) in [4.78, 5) is 0. The Labute approximate surface area is 94.8 Å². The van der Waals surface area contributed by atoms with Crippen molar-refractivity contribution in [3.63, 3.8) is 0 Å². The maximum atomic E-state index is 5.87. The predicted octanol–water partition coefficient (Wildman–Crippen LogP) is 2.97. The van der Waals surface area contributed by atoms with Gasteiger partial charge in [0, 0.05) is 6.04 Å². The molecule has 2 heteroatoms. The molecule has 0 spiro atoms. The molecule has 0 saturated heterocycles. The van der Waals surface area contributed by atoms with Crippen LogP contribution in [0.25, 0.3) is 0 Å². The third-order valence-electron chi connectivity index (χ3n) is 3.29. The second-order valence-electron chi connectivity index (χ2n) is 5.72. The summed E-state index contributed by atoms with van der Waals surface area (Å²) in [6.45, 7) is 7.23. The van der Waals surface area contributed by atoms with Crippen molar-refractivity contribution in [3.05, 3.63) is 0 Å². The van der Waals surface area contributed by atoms with Crippen LogP contribution in [-0.2, 0) is 4.74 Å². The molecule has 0 heterocycles. The van der Waals surface area contributed by atoms with Gasteiger partial charge in [-0.1, -0.05) is 19.3 Å². The molecular formula is C13H27NO. The van der Waals surface area contributed by atoms with Gasteiger partial charge in [-0.05, 0) is 46.6 Å². The second-order valence-corrected chi connectivity index (χ2v) is 5.72. The first-order chi connectivity index (χ1) is 7.03. The molecule has 1 saturated carbocycles. The van der Waals surface area contributed by atoms with E-state index in [4.69, 9.17) is 4.74 Å². The summed E-state index contributed by atoms with van der Waals surface area (Å²) in [5, 5.41) is 3.42. The van der Waals surface area contributed by atoms with Gasteiger partial charge >= 0.3 is 0 Å². The van der Waals surface area contributed by atoms with Gasteiger partial charge in [0.25, 0.3) is 0 Å². The summed E-state index contributed by atoms with van der Waals surface area (Å²) in [6, 6.07) is 0.546. The lowest BCUT2D eigenvalue weighted by Crippen LogP contribution is -2.40. The molecule has 1 unspecified atom stereocenters. The smallest absolute Gasteiger partial charge is 0.0629 e. The molecule has 0 aliphatic heterocycles. The van der Waals surface area contributed by atoms with Crippen molar-refractivity contribution < 1.29 is 4.74 Å². The van der Waals surface area contributed by atoms with Gasteiger partial charge in [-0.25, -0.2) is 0 Å². The zero-order chi connectivity index (χ0) is 11.3. The highest BCUT2D eigenvalue weighted by molar-refractivity contribution is 4.79. The highest BCUT2D eigenvalue weighted by Crippen LogP contribution is 2.27. The minimum absolute atomic E-state index is 0.0102. The molecule has 0 amide bonds. The molecule has 0 bridgehead atoms. The molecule has 1 atom stereocenters. The molecule has 0 aromatic rings. The van der Waals surface area contributed by atoms with Crippen molar-refractivity contribution in [2.75, 3.05) is 13.7 Å². The van der Waals surface area contributed by atoms with Crippen molar-refractivity contribution in [1.82, 2.24) is 5.32 Å². The Morgan fingerprint density at radius 3 is 2.27 bits per heavy atom. The first kappa shape index (κ1) is 13.0. The summed E-state index contributed by atoms with van der Waals surface area (Å²) >= 11 is 0. The molecule has 15 heavy (non-hydrogen) atoms. The van der Waals surface area contributed by atoms with E-state index in [0.29, 0.717) is 6.04 Å². The van der Waals surface area contributed by atoms with Gasteiger partial charge in [0.15, 0.2) is 0 Å². The van der Waals surface area contributed by atoms with E-state index in [1.54, 1.807) is 0 Å². The molecule has 1 rings (SSSR count). The molecule has 0 radical (unpaired) electrons. The first-order valence-electron chi connectivity index (χ1n) is 6.34. The molecule has 0 aromatic heterocycles. The van der Waals surface area contributed by atoms with Crippen LogP contribution in [0.5, 0.6) is 0 Å². The van der Waals surface area contributed by atoms with E-state index in [9.17, 15) is 0 Å². The number of hydrogen-bond donors (Lipinski definition) is 1. The average molecular weight is 213 g/mol. The van der Waals surface area contributed by atoms with E-state index in [-0.39, 0.29) is 5.60 Å². The normalized spacial score (nSPS) is 21.6. The van der Waals surface area contributed by atoms with Crippen LogP contribution in [0.1, 0.15) is 52.9 Å². The van der Waals surface area contributed by atoms with Crippen molar-refractivity contribution in [2.24, 2.45) is 5.92 Å². The maximum Gasteiger partial charge on any atom is 0.0629 e. The Balaban J connectivity index is 2.34. The van der Waals surface area contributed by atoms with E-state index in [1.165, 1.54) is 32.1 Å². The SMILES string of the molecule is CNC(COC(C)(C)C)C1CCCCC1. The zero-order valence-electron chi connectivity index (χ0n) is 10.8. The van der Waals surface area contributed by atoms with E-state index >= 15 is 0 Å². The highest BCUT2D eigenvalue weighted by atomic mass is 16.5. The first-order valence-corrected chi connectivity index (χ1v) is 6.34. The van der Waals surface area contributed by atoms with Crippen LogP contribution in [-0.4, -0.2) is 25.3 Å². The zero-order valence-corrected chi connectivity index (χ0v) is 10.8. The minimum atomic E-state index is -0.0102. The largest absolute Gasteiger partial charge is 0.374 e. The lowest BCUT2D eigenvalue weighted by atomic mass is 9.84. The van der Waals surface area contributed by atoms with Crippen LogP contribution in [0.4, 0.5) is 0 Å². The Hall–Kier alpha value is -0.0800. The Kier molecular flexibility index (Phi) is 5.07. The lowest BCUT2D eigenvalue weighted by Gasteiger charge is -2.32. The Morgan fingerprint density at radius 1 is 1.20 bits per heavy atom. The topological polar surface area (TPSA) is 21.3 Å². The van der Waals surface area contributed by atoms with Gasteiger partial charge in [0.2, 0.25) is 0 Å². The standard InChI is InChI=1S/C13H27NO/c1-13(2,3)15-10-12(14-4)11-8-6-5-7-9-11/h11-12,14H,5-10H2,1-4H3. The maximum absolute atomic E-state index is 5.87. The quantitative estimate of drug-likeness (QED) is 0.775. The number of nitrogens with one attached hydrogen (secondary N) is 1. The van der Waals surface area contributed by atoms with E-state index in [1.807, 2.05) is 0 Å². The molecule has 1 N–H and O–H groups in total. The second kappa shape index (κ2) is 5.86. The number of rotatable bonds is 4. The van der Waals surface area contributed by atoms with E-state index < -0.39 is 0 Å². The Bertz CT molecular complexity index is 168. The number of hydrogen-bond acceptors (Lipinski definition) is 2. The molecule has 90 valence electrons. The van der Waals surface area contributed by atoms with Gasteiger partial charge in [-0.3, -0.25) is 0 Å². The highest BCUT2D eigenvalue weighted by Gasteiger charge is 2.24. The fraction of sp³-hybridized carbons (Fsp3) is 1.00. The summed E-state index contributed by atoms with van der Waals surface area (Å²) < 4.78 is 5.87. The van der Waals surface area contributed by atoms with Gasteiger partial charge in [-0.2, -0.15) is 0 Å². The van der Waals surface area contributed by atoms with E-state index in [0.717, 1.165) is 12.5 Å². The summed E-state index contributed by atoms with van der Waals surface area (Å²) in [7, 11) is 2.06. The molecule has 1 aliphatic carbocycles. The monoisotopic (exact) mass is 213 g/mol. The molecular weight excluding hydrogens is 186 g/mol. The van der Waals surface area contributed by atoms with Crippen LogP contribution in [0, 0.1) is 5.92 Å². The fourth-order valence-electron chi connectivity index (χ4n) is 2.33. The third kappa shape index (κ3) is 4.98. The molecule has 2 nitrogen and oxygen atoms in total. The minimum Gasteiger partial charge on any atom is -0.374 e. The average Bonchev–Trinajstić information content (AvgIpc) is 2.19. The van der Waals surface area contributed by atoms with Crippen LogP contribution in [0.2, 0.25) is 0 Å². The van der Waals surface area contributed by atoms with Gasteiger partial charge in [-0.15, -0.1) is 0 Å². The molecule has 1 aliphatic rings. The van der Waals surface area contributed by atoms with Crippen molar-refractivity contribution in [3.8, 4) is 0 Å². The summed E-state index contributed by atoms with van der Waals surface area (Å²) in [5.74, 6) is 0.825. The van der Waals surface area contributed by atoms with Crippen LogP contribution >= 0.6 is 0 Å². The third-order valence-corrected chi connectivity index (χ3v) is 3.29. The summed E-state index contributed by atoms with van der Waals surface area (Å²) in [6.07, 6.45) is 6.97. The number of ether oxygens (including phenoxy) is 1. The predicted molar refractivity (Wildman–Crippen MR) is 65.1 cm³/mol. The summed E-state index contributed by atoms with van der Waals surface area (Å²) in [5.41, 5.74) is -0.0102. The fourth-order valence-corrected chi connectivity index (χ4v) is 2.33. The van der Waals surface area contributed by atoms with Crippen molar-refractivity contribution in [2.45, 2.75) is 64.5 Å². The molecule has 0 aromatic carbocycles. The van der Waals surface area contributed by atoms with Gasteiger partial charge < -0.3 is 10.1 Å². The Morgan fingerprint density at radius 2 is 1.80 bits per heavy atom. The van der Waals surface area contributed by atoms with Crippen molar-refractivity contribution in [1.29, 1.82) is 0 Å². The lowest BCUT2D eigenvalue weighted by molar-refractivity contribution is -0.0235.